The van der Waals surface area contributed by atoms with Crippen molar-refractivity contribution in [3.63, 3.8) is 0 Å². The summed E-state index contributed by atoms with van der Waals surface area (Å²) in [6.07, 6.45) is 1.70. The number of ether oxygens (including phenoxy) is 4. The molecule has 2 fully saturated rings. The maximum atomic E-state index is 14.0. The molecule has 0 saturated carbocycles. The Morgan fingerprint density at radius 2 is 1.86 bits per heavy atom. The number of carbonyl (C=O) groups is 2. The van der Waals surface area contributed by atoms with Gasteiger partial charge in [0, 0.05) is 44.9 Å². The number of nitrogens with zero attached hydrogens (tertiary/aromatic N) is 6. The topological polar surface area (TPSA) is 133 Å². The van der Waals surface area contributed by atoms with E-state index in [1.54, 1.807) is 25.3 Å². The van der Waals surface area contributed by atoms with Gasteiger partial charge in [0.1, 0.15) is 18.4 Å². The van der Waals surface area contributed by atoms with Gasteiger partial charge in [-0.1, -0.05) is 12.1 Å². The normalized spacial score (nSPS) is 17.7. The Kier molecular flexibility index (Phi) is 10.7. The third-order valence-corrected chi connectivity index (χ3v) is 7.73. The molecule has 0 unspecified atom stereocenters. The molecule has 2 atom stereocenters. The molecule has 2 amide bonds. The third kappa shape index (κ3) is 7.87. The number of carbonyl (C=O) groups excluding carboxylic acids is 2. The summed E-state index contributed by atoms with van der Waals surface area (Å²) in [5.74, 6) is 0.147. The molecule has 2 aliphatic heterocycles. The van der Waals surface area contributed by atoms with E-state index in [0.29, 0.717) is 74.5 Å². The van der Waals surface area contributed by atoms with Crippen LogP contribution in [0.2, 0.25) is 0 Å². The molecule has 14 heteroatoms. The summed E-state index contributed by atoms with van der Waals surface area (Å²) >= 11 is 0. The van der Waals surface area contributed by atoms with E-state index >= 15 is 0 Å². The van der Waals surface area contributed by atoms with E-state index in [2.05, 4.69) is 25.6 Å². The largest absolute Gasteiger partial charge is 0.493 e. The minimum absolute atomic E-state index is 0.0836. The van der Waals surface area contributed by atoms with Gasteiger partial charge in [-0.2, -0.15) is 4.80 Å². The first-order valence-electron chi connectivity index (χ1n) is 14.7. The summed E-state index contributed by atoms with van der Waals surface area (Å²) in [7, 11) is 3.08. The summed E-state index contributed by atoms with van der Waals surface area (Å²) in [5.41, 5.74) is 1.12. The van der Waals surface area contributed by atoms with Crippen LogP contribution in [0.25, 0.3) is 11.4 Å². The zero-order valence-corrected chi connectivity index (χ0v) is 25.0. The zero-order chi connectivity index (χ0) is 30.9. The molecule has 3 aromatic rings. The summed E-state index contributed by atoms with van der Waals surface area (Å²) in [6, 6.07) is 9.84. The van der Waals surface area contributed by atoms with Crippen molar-refractivity contribution in [1.29, 1.82) is 0 Å². The second-order valence-electron chi connectivity index (χ2n) is 10.6. The molecule has 0 radical (unpaired) electrons. The minimum Gasteiger partial charge on any atom is -0.493 e. The second kappa shape index (κ2) is 15.0. The SMILES string of the molecule is COc1ccc(-c2nnn(CC(=O)N(CCN3CCOCC3)[C@@H](C(=O)NC[C@@H]3CCCO3)c3ccc(F)cc3)n2)cc1OC. The first-order chi connectivity index (χ1) is 21.4. The highest BCUT2D eigenvalue weighted by molar-refractivity contribution is 5.88. The minimum atomic E-state index is -1.01. The average molecular weight is 612 g/mol. The van der Waals surface area contributed by atoms with Crippen LogP contribution in [0.4, 0.5) is 4.39 Å². The van der Waals surface area contributed by atoms with E-state index < -0.39 is 17.8 Å². The summed E-state index contributed by atoms with van der Waals surface area (Å²) in [6.45, 7) is 4.10. The molecule has 0 bridgehead atoms. The summed E-state index contributed by atoms with van der Waals surface area (Å²) in [4.78, 5) is 32.7. The van der Waals surface area contributed by atoms with Crippen LogP contribution in [-0.4, -0.2) is 115 Å². The number of halogens is 1. The lowest BCUT2D eigenvalue weighted by atomic mass is 10.0. The van der Waals surface area contributed by atoms with Crippen molar-refractivity contribution in [2.75, 3.05) is 66.8 Å². The van der Waals surface area contributed by atoms with E-state index in [0.717, 1.165) is 12.8 Å². The Labute approximate surface area is 255 Å². The van der Waals surface area contributed by atoms with Crippen molar-refractivity contribution in [2.24, 2.45) is 0 Å². The van der Waals surface area contributed by atoms with Crippen molar-refractivity contribution in [1.82, 2.24) is 35.3 Å². The first kappa shape index (κ1) is 31.3. The Balaban J connectivity index is 1.39. The molecule has 2 saturated heterocycles. The zero-order valence-electron chi connectivity index (χ0n) is 25.0. The number of amides is 2. The van der Waals surface area contributed by atoms with Gasteiger partial charge >= 0.3 is 0 Å². The van der Waals surface area contributed by atoms with Crippen LogP contribution in [0.15, 0.2) is 42.5 Å². The molecule has 0 spiro atoms. The van der Waals surface area contributed by atoms with Crippen LogP contribution in [-0.2, 0) is 25.6 Å². The second-order valence-corrected chi connectivity index (χ2v) is 10.6. The molecule has 1 aromatic heterocycles. The highest BCUT2D eigenvalue weighted by Gasteiger charge is 2.33. The number of hydrogen-bond acceptors (Lipinski definition) is 10. The molecular weight excluding hydrogens is 573 g/mol. The van der Waals surface area contributed by atoms with Crippen LogP contribution in [0.1, 0.15) is 24.4 Å². The Morgan fingerprint density at radius 1 is 1.09 bits per heavy atom. The van der Waals surface area contributed by atoms with E-state index in [1.807, 2.05) is 0 Å². The molecular formula is C30H38FN7O6. The highest BCUT2D eigenvalue weighted by Crippen LogP contribution is 2.31. The molecule has 2 aliphatic rings. The molecule has 44 heavy (non-hydrogen) atoms. The molecule has 3 heterocycles. The van der Waals surface area contributed by atoms with Crippen molar-refractivity contribution < 1.29 is 32.9 Å². The molecule has 236 valence electrons. The lowest BCUT2D eigenvalue weighted by Crippen LogP contribution is -2.49. The van der Waals surface area contributed by atoms with Crippen LogP contribution < -0.4 is 14.8 Å². The first-order valence-corrected chi connectivity index (χ1v) is 14.7. The average Bonchev–Trinajstić information content (AvgIpc) is 3.75. The van der Waals surface area contributed by atoms with Crippen molar-refractivity contribution in [3.05, 3.63) is 53.8 Å². The fraction of sp³-hybridized carbons (Fsp3) is 0.500. The van der Waals surface area contributed by atoms with E-state index in [4.69, 9.17) is 18.9 Å². The van der Waals surface area contributed by atoms with E-state index in [-0.39, 0.29) is 25.1 Å². The highest BCUT2D eigenvalue weighted by atomic mass is 19.1. The summed E-state index contributed by atoms with van der Waals surface area (Å²) in [5, 5.41) is 15.6. The number of morpholine rings is 1. The van der Waals surface area contributed by atoms with Crippen molar-refractivity contribution >= 4 is 11.8 Å². The number of aromatic nitrogens is 4. The maximum absolute atomic E-state index is 14.0. The molecule has 1 N–H and O–H groups in total. The Bertz CT molecular complexity index is 1390. The van der Waals surface area contributed by atoms with Gasteiger partial charge in [0.25, 0.3) is 0 Å². The molecule has 5 rings (SSSR count). The smallest absolute Gasteiger partial charge is 0.247 e. The number of rotatable bonds is 13. The quantitative estimate of drug-likeness (QED) is 0.305. The summed E-state index contributed by atoms with van der Waals surface area (Å²) < 4.78 is 35.7. The van der Waals surface area contributed by atoms with Gasteiger partial charge in [0.05, 0.1) is 33.5 Å². The van der Waals surface area contributed by atoms with Gasteiger partial charge in [-0.05, 0) is 54.0 Å². The van der Waals surface area contributed by atoms with Crippen LogP contribution in [0, 0.1) is 5.82 Å². The molecule has 2 aromatic carbocycles. The third-order valence-electron chi connectivity index (χ3n) is 7.73. The van der Waals surface area contributed by atoms with Crippen molar-refractivity contribution in [2.45, 2.75) is 31.5 Å². The van der Waals surface area contributed by atoms with Gasteiger partial charge in [0.15, 0.2) is 11.5 Å². The molecule has 13 nitrogen and oxygen atoms in total. The molecule has 0 aliphatic carbocycles. The van der Waals surface area contributed by atoms with E-state index in [1.165, 1.54) is 41.1 Å². The van der Waals surface area contributed by atoms with Crippen LogP contribution >= 0.6 is 0 Å². The van der Waals surface area contributed by atoms with Crippen molar-refractivity contribution in [3.8, 4) is 22.9 Å². The monoisotopic (exact) mass is 611 g/mol. The van der Waals surface area contributed by atoms with Gasteiger partial charge < -0.3 is 29.2 Å². The number of hydrogen-bond donors (Lipinski definition) is 1. The van der Waals surface area contributed by atoms with Gasteiger partial charge in [-0.25, -0.2) is 4.39 Å². The Morgan fingerprint density at radius 3 is 2.57 bits per heavy atom. The fourth-order valence-electron chi connectivity index (χ4n) is 5.32. The van der Waals surface area contributed by atoms with Gasteiger partial charge in [0.2, 0.25) is 17.6 Å². The Hall–Kier alpha value is -4.14. The number of tetrazole rings is 1. The number of benzene rings is 2. The fourth-order valence-corrected chi connectivity index (χ4v) is 5.32. The van der Waals surface area contributed by atoms with E-state index in [9.17, 15) is 14.0 Å². The predicted octanol–water partition coefficient (Wildman–Crippen LogP) is 1.69. The standard InChI is InChI=1S/C30H38FN7O6/c1-41-25-10-7-22(18-26(25)42-2)29-33-35-38(34-29)20-27(39)37(12-11-36-13-16-43-17-14-36)28(21-5-8-23(31)9-6-21)30(40)32-19-24-4-3-15-44-24/h5-10,18,24,28H,3-4,11-17,19-20H2,1-2H3,(H,32,40)/t24-,28+/m0/s1. The lowest BCUT2D eigenvalue weighted by molar-refractivity contribution is -0.142. The maximum Gasteiger partial charge on any atom is 0.247 e. The van der Waals surface area contributed by atoms with Crippen LogP contribution in [0.5, 0.6) is 11.5 Å². The van der Waals surface area contributed by atoms with Gasteiger partial charge in [-0.15, -0.1) is 10.2 Å². The number of methoxy groups -OCH3 is 2. The lowest BCUT2D eigenvalue weighted by Gasteiger charge is -2.34. The van der Waals surface area contributed by atoms with Crippen LogP contribution in [0.3, 0.4) is 0 Å². The van der Waals surface area contributed by atoms with Gasteiger partial charge in [-0.3, -0.25) is 14.5 Å². The number of nitrogens with one attached hydrogen (secondary N) is 1. The predicted molar refractivity (Wildman–Crippen MR) is 156 cm³/mol.